The molecule has 11 nitrogen and oxygen atoms in total. The van der Waals surface area contributed by atoms with E-state index in [-0.39, 0.29) is 59.2 Å². The van der Waals surface area contributed by atoms with Crippen molar-refractivity contribution in [2.45, 2.75) is 12.8 Å². The molecule has 2 aliphatic heterocycles. The van der Waals surface area contributed by atoms with E-state index >= 15 is 4.39 Å². The van der Waals surface area contributed by atoms with Gasteiger partial charge in [0.2, 0.25) is 5.91 Å². The quantitative estimate of drug-likeness (QED) is 0.488. The van der Waals surface area contributed by atoms with Crippen LogP contribution in [0.1, 0.15) is 34.2 Å². The predicted molar refractivity (Wildman–Crippen MR) is 124 cm³/mol. The number of aromatic nitrogens is 4. The zero-order chi connectivity index (χ0) is 31.7. The molecule has 2 saturated heterocycles. The van der Waals surface area contributed by atoms with Gasteiger partial charge in [-0.3, -0.25) is 14.6 Å². The molecule has 0 aliphatic carbocycles. The van der Waals surface area contributed by atoms with E-state index in [9.17, 15) is 14.0 Å². The van der Waals surface area contributed by atoms with Crippen molar-refractivity contribution in [2.75, 3.05) is 55.0 Å². The Morgan fingerprint density at radius 2 is 1.91 bits per heavy atom. The van der Waals surface area contributed by atoms with E-state index in [1.165, 1.54) is 11.1 Å². The third-order valence-corrected chi connectivity index (χ3v) is 5.66. The molecule has 0 atom stereocenters. The number of hydrogen-bond acceptors (Lipinski definition) is 8. The van der Waals surface area contributed by atoms with E-state index < -0.39 is 55.4 Å². The number of nitrogens with two attached hydrogens (primary N) is 1. The molecule has 13 heteroatoms. The van der Waals surface area contributed by atoms with E-state index in [0.717, 1.165) is 23.1 Å². The molecule has 0 saturated carbocycles. The Balaban J connectivity index is 1.37. The molecule has 3 aromatic heterocycles. The number of halogens is 2. The SMILES string of the molecule is [2H]C1([2H])NC([2H])([2H])C([2H])([2H])N(C(=O)C2CCN(c3c(F)cncc3NC(=O)c3c(N)nn4cc(F)cnc34)CC2)C1([2H])[2H]. The van der Waals surface area contributed by atoms with Crippen LogP contribution in [-0.4, -0.2) is 75.4 Å². The Morgan fingerprint density at radius 3 is 2.66 bits per heavy atom. The summed E-state index contributed by atoms with van der Waals surface area (Å²) >= 11 is 0. The molecular formula is C22H25F2N9O2. The van der Waals surface area contributed by atoms with Crippen LogP contribution in [0.25, 0.3) is 5.65 Å². The van der Waals surface area contributed by atoms with Crippen molar-refractivity contribution in [3.8, 4) is 0 Å². The second-order valence-corrected chi connectivity index (χ2v) is 7.81. The van der Waals surface area contributed by atoms with E-state index in [1.807, 2.05) is 0 Å². The molecule has 4 N–H and O–H groups in total. The van der Waals surface area contributed by atoms with Gasteiger partial charge in [-0.05, 0) is 12.8 Å². The summed E-state index contributed by atoms with van der Waals surface area (Å²) in [6.45, 7) is -12.8. The van der Waals surface area contributed by atoms with Crippen molar-refractivity contribution in [3.63, 3.8) is 0 Å². The van der Waals surface area contributed by atoms with Crippen LogP contribution in [0, 0.1) is 17.6 Å². The Labute approximate surface area is 210 Å². The minimum atomic E-state index is -3.26. The first kappa shape index (κ1) is 15.2. The topological polar surface area (TPSA) is 134 Å². The molecule has 5 heterocycles. The lowest BCUT2D eigenvalue weighted by molar-refractivity contribution is -0.136. The molecule has 2 aliphatic rings. The minimum absolute atomic E-state index is 0.0178. The van der Waals surface area contributed by atoms with Crippen molar-refractivity contribution in [3.05, 3.63) is 42.0 Å². The number of nitrogens with one attached hydrogen (secondary N) is 2. The average Bonchev–Trinajstić information content (AvgIpc) is 3.22. The van der Waals surface area contributed by atoms with E-state index in [4.69, 9.17) is 16.7 Å². The third kappa shape index (κ3) is 4.46. The second kappa shape index (κ2) is 9.41. The van der Waals surface area contributed by atoms with Crippen LogP contribution >= 0.6 is 0 Å². The molecule has 0 radical (unpaired) electrons. The van der Waals surface area contributed by atoms with Crippen molar-refractivity contribution < 1.29 is 29.3 Å². The monoisotopic (exact) mass is 493 g/mol. The highest BCUT2D eigenvalue weighted by Crippen LogP contribution is 2.33. The van der Waals surface area contributed by atoms with Gasteiger partial charge < -0.3 is 26.2 Å². The molecule has 35 heavy (non-hydrogen) atoms. The zero-order valence-corrected chi connectivity index (χ0v) is 18.0. The van der Waals surface area contributed by atoms with Crippen LogP contribution in [0.2, 0.25) is 0 Å². The molecule has 0 bridgehead atoms. The Morgan fingerprint density at radius 1 is 1.17 bits per heavy atom. The fourth-order valence-electron chi connectivity index (χ4n) is 4.04. The summed E-state index contributed by atoms with van der Waals surface area (Å²) < 4.78 is 94.0. The maximum absolute atomic E-state index is 15.1. The lowest BCUT2D eigenvalue weighted by Gasteiger charge is -2.37. The van der Waals surface area contributed by atoms with Gasteiger partial charge in [0.05, 0.1) is 36.0 Å². The molecule has 184 valence electrons. The summed E-state index contributed by atoms with van der Waals surface area (Å²) in [6.07, 6.45) is 3.79. The first-order valence-electron chi connectivity index (χ1n) is 14.5. The molecular weight excluding hydrogens is 460 g/mol. The molecule has 0 aromatic carbocycles. The number of nitrogens with zero attached hydrogens (tertiary/aromatic N) is 6. The number of rotatable bonds is 4. The highest BCUT2D eigenvalue weighted by atomic mass is 19.1. The molecule has 2 amide bonds. The largest absolute Gasteiger partial charge is 0.381 e. The summed E-state index contributed by atoms with van der Waals surface area (Å²) in [5.41, 5.74) is 5.43. The first-order chi connectivity index (χ1) is 19.9. The van der Waals surface area contributed by atoms with Crippen molar-refractivity contribution in [1.82, 2.24) is 29.8 Å². The van der Waals surface area contributed by atoms with Gasteiger partial charge in [0.1, 0.15) is 11.3 Å². The van der Waals surface area contributed by atoms with E-state index in [2.05, 4.69) is 20.4 Å². The molecule has 0 unspecified atom stereocenters. The molecule has 2 fully saturated rings. The number of piperazine rings is 1. The van der Waals surface area contributed by atoms with Crippen molar-refractivity contribution in [2.24, 2.45) is 5.92 Å². The summed E-state index contributed by atoms with van der Waals surface area (Å²) in [5, 5.41) is 8.05. The Kier molecular flexibility index (Phi) is 4.08. The van der Waals surface area contributed by atoms with Crippen LogP contribution in [0.3, 0.4) is 0 Å². The maximum Gasteiger partial charge on any atom is 0.263 e. The second-order valence-electron chi connectivity index (χ2n) is 7.81. The van der Waals surface area contributed by atoms with Crippen LogP contribution in [0.15, 0.2) is 24.8 Å². The van der Waals surface area contributed by atoms with Crippen LogP contribution < -0.4 is 21.3 Å². The fraction of sp³-hybridized carbons (Fsp3) is 0.409. The number of carbonyl (C=O) groups excluding carboxylic acids is 2. The van der Waals surface area contributed by atoms with Gasteiger partial charge in [0.25, 0.3) is 5.91 Å². The molecule has 3 aromatic rings. The van der Waals surface area contributed by atoms with Gasteiger partial charge in [-0.15, -0.1) is 5.10 Å². The fourth-order valence-corrected chi connectivity index (χ4v) is 4.04. The standard InChI is InChI=1S/C22H25F2N9O2/c23-14-9-28-20-17(19(25)30-33(20)12-14)21(34)29-16-11-27-10-15(24)18(16)31-5-1-13(2-6-31)22(35)32-7-3-26-4-8-32/h9-13,26H,1-8H2,(H2,25,30)(H,29,34)/i3D2,4D2,7D2,8D2. The van der Waals surface area contributed by atoms with E-state index in [1.54, 1.807) is 5.32 Å². The normalized spacial score (nSPS) is 26.2. The summed E-state index contributed by atoms with van der Waals surface area (Å²) in [6, 6.07) is 0. The van der Waals surface area contributed by atoms with Gasteiger partial charge in [-0.2, -0.15) is 0 Å². The highest BCUT2D eigenvalue weighted by Gasteiger charge is 2.31. The maximum atomic E-state index is 15.1. The highest BCUT2D eigenvalue weighted by molar-refractivity contribution is 6.12. The van der Waals surface area contributed by atoms with Crippen molar-refractivity contribution in [1.29, 1.82) is 0 Å². The number of anilines is 3. The van der Waals surface area contributed by atoms with Gasteiger partial charge in [0.15, 0.2) is 23.1 Å². The van der Waals surface area contributed by atoms with Crippen molar-refractivity contribution >= 4 is 34.7 Å². The van der Waals surface area contributed by atoms with Gasteiger partial charge in [0, 0.05) is 50.5 Å². The number of carbonyl (C=O) groups is 2. The lowest BCUT2D eigenvalue weighted by Crippen LogP contribution is -2.50. The molecule has 0 spiro atoms. The van der Waals surface area contributed by atoms with Crippen LogP contribution in [-0.2, 0) is 4.79 Å². The number of fused-ring (bicyclic) bond motifs is 1. The van der Waals surface area contributed by atoms with E-state index in [0.29, 0.717) is 0 Å². The zero-order valence-electron chi connectivity index (χ0n) is 26.0. The summed E-state index contributed by atoms with van der Waals surface area (Å²) in [5.74, 6) is -4.84. The summed E-state index contributed by atoms with van der Waals surface area (Å²) in [4.78, 5) is 35.7. The number of nitrogen functional groups attached to an aromatic ring is 1. The first-order valence-corrected chi connectivity index (χ1v) is 10.5. The Bertz CT molecular complexity index is 1590. The minimum Gasteiger partial charge on any atom is -0.381 e. The molecule has 5 rings (SSSR count). The third-order valence-electron chi connectivity index (χ3n) is 5.66. The van der Waals surface area contributed by atoms with Crippen LogP contribution in [0.5, 0.6) is 0 Å². The Hall–Kier alpha value is -3.87. The smallest absolute Gasteiger partial charge is 0.263 e. The van der Waals surface area contributed by atoms with Gasteiger partial charge in [-0.25, -0.2) is 18.3 Å². The number of amides is 2. The lowest BCUT2D eigenvalue weighted by atomic mass is 9.94. The predicted octanol–water partition coefficient (Wildman–Crippen LogP) is 0.885. The van der Waals surface area contributed by atoms with Gasteiger partial charge >= 0.3 is 0 Å². The number of hydrogen-bond donors (Lipinski definition) is 3. The number of piperidine rings is 1. The average molecular weight is 494 g/mol. The van der Waals surface area contributed by atoms with Gasteiger partial charge in [-0.1, -0.05) is 0 Å². The summed E-state index contributed by atoms with van der Waals surface area (Å²) in [7, 11) is 0. The van der Waals surface area contributed by atoms with Crippen LogP contribution in [0.4, 0.5) is 26.0 Å². The number of pyridine rings is 1.